The monoisotopic (exact) mass is 285 g/mol. The Kier molecular flexibility index (Phi) is 3.38. The maximum atomic E-state index is 9.82. The number of piperidine rings is 1. The van der Waals surface area contributed by atoms with Crippen LogP contribution >= 0.6 is 23.4 Å². The van der Waals surface area contributed by atoms with E-state index in [9.17, 15) is 5.11 Å². The van der Waals surface area contributed by atoms with Crippen LogP contribution in [0.3, 0.4) is 0 Å². The first-order valence-electron chi connectivity index (χ1n) is 6.22. The number of anilines is 1. The third-order valence-electron chi connectivity index (χ3n) is 3.82. The number of fused-ring (bicyclic) bond motifs is 2. The molecule has 2 bridgehead atoms. The van der Waals surface area contributed by atoms with Gasteiger partial charge < -0.3 is 10.0 Å². The van der Waals surface area contributed by atoms with E-state index in [4.69, 9.17) is 11.6 Å². The highest BCUT2D eigenvalue weighted by Crippen LogP contribution is 2.39. The van der Waals surface area contributed by atoms with E-state index >= 15 is 0 Å². The molecular weight excluding hydrogens is 270 g/mol. The molecule has 2 saturated heterocycles. The molecule has 6 heteroatoms. The fourth-order valence-electron chi connectivity index (χ4n) is 3.13. The summed E-state index contributed by atoms with van der Waals surface area (Å²) in [6.07, 6.45) is 5.75. The molecule has 3 rings (SSSR count). The normalized spacial score (nSPS) is 30.8. The molecule has 0 radical (unpaired) electrons. The van der Waals surface area contributed by atoms with Crippen LogP contribution in [0.4, 0.5) is 5.82 Å². The minimum Gasteiger partial charge on any atom is -0.393 e. The van der Waals surface area contributed by atoms with Gasteiger partial charge in [0.25, 0.3) is 0 Å². The van der Waals surface area contributed by atoms with E-state index < -0.39 is 0 Å². The van der Waals surface area contributed by atoms with Crippen LogP contribution in [0.15, 0.2) is 11.2 Å². The van der Waals surface area contributed by atoms with Crippen molar-refractivity contribution in [1.82, 2.24) is 9.97 Å². The van der Waals surface area contributed by atoms with Crippen LogP contribution < -0.4 is 4.90 Å². The smallest absolute Gasteiger partial charge is 0.190 e. The summed E-state index contributed by atoms with van der Waals surface area (Å²) in [6.45, 7) is 0. The van der Waals surface area contributed by atoms with E-state index in [1.165, 1.54) is 11.8 Å². The van der Waals surface area contributed by atoms with Gasteiger partial charge in [-0.1, -0.05) is 23.4 Å². The van der Waals surface area contributed by atoms with Crippen molar-refractivity contribution in [1.29, 1.82) is 0 Å². The largest absolute Gasteiger partial charge is 0.393 e. The minimum absolute atomic E-state index is 0.156. The van der Waals surface area contributed by atoms with Crippen molar-refractivity contribution < 1.29 is 5.11 Å². The summed E-state index contributed by atoms with van der Waals surface area (Å²) in [6, 6.07) is 2.64. The number of halogens is 1. The van der Waals surface area contributed by atoms with E-state index in [0.29, 0.717) is 22.4 Å². The summed E-state index contributed by atoms with van der Waals surface area (Å²) in [5.41, 5.74) is 0. The Morgan fingerprint density at radius 1 is 1.33 bits per heavy atom. The Balaban J connectivity index is 1.93. The molecule has 2 unspecified atom stereocenters. The van der Waals surface area contributed by atoms with Crippen molar-refractivity contribution in [3.05, 3.63) is 11.2 Å². The molecule has 0 spiro atoms. The van der Waals surface area contributed by atoms with Crippen molar-refractivity contribution in [3.63, 3.8) is 0 Å². The van der Waals surface area contributed by atoms with Gasteiger partial charge in [-0.3, -0.25) is 0 Å². The van der Waals surface area contributed by atoms with Crippen molar-refractivity contribution in [2.75, 3.05) is 11.2 Å². The van der Waals surface area contributed by atoms with Gasteiger partial charge in [-0.25, -0.2) is 9.97 Å². The summed E-state index contributed by atoms with van der Waals surface area (Å²) in [5.74, 6) is 0.916. The maximum absolute atomic E-state index is 9.82. The number of aliphatic hydroxyl groups is 1. The lowest BCUT2D eigenvalue weighted by atomic mass is 10.00. The molecule has 3 heterocycles. The SMILES string of the molecule is CSc1nc(Cl)cc(N2C3CCC2CC(O)C3)n1. The lowest BCUT2D eigenvalue weighted by molar-refractivity contribution is 0.126. The summed E-state index contributed by atoms with van der Waals surface area (Å²) in [5, 5.41) is 11.0. The Morgan fingerprint density at radius 2 is 2.00 bits per heavy atom. The lowest BCUT2D eigenvalue weighted by Crippen LogP contribution is -2.45. The Morgan fingerprint density at radius 3 is 2.61 bits per heavy atom. The molecule has 2 aliphatic heterocycles. The summed E-state index contributed by atoms with van der Waals surface area (Å²) < 4.78 is 0. The zero-order chi connectivity index (χ0) is 12.7. The van der Waals surface area contributed by atoms with Crippen LogP contribution in [0.2, 0.25) is 5.15 Å². The van der Waals surface area contributed by atoms with Crippen molar-refractivity contribution in [2.24, 2.45) is 0 Å². The minimum atomic E-state index is -0.156. The van der Waals surface area contributed by atoms with Crippen LogP contribution in [-0.2, 0) is 0 Å². The molecule has 0 amide bonds. The van der Waals surface area contributed by atoms with Crippen molar-refractivity contribution >= 4 is 29.2 Å². The number of thioether (sulfide) groups is 1. The van der Waals surface area contributed by atoms with Gasteiger partial charge in [-0.15, -0.1) is 0 Å². The maximum Gasteiger partial charge on any atom is 0.190 e. The molecule has 1 N–H and O–H groups in total. The topological polar surface area (TPSA) is 49.2 Å². The van der Waals surface area contributed by atoms with Gasteiger partial charge in [0.2, 0.25) is 0 Å². The fraction of sp³-hybridized carbons (Fsp3) is 0.667. The van der Waals surface area contributed by atoms with E-state index in [0.717, 1.165) is 31.5 Å². The van der Waals surface area contributed by atoms with Crippen LogP contribution in [-0.4, -0.2) is 39.5 Å². The van der Waals surface area contributed by atoms with Gasteiger partial charge >= 0.3 is 0 Å². The number of rotatable bonds is 2. The Labute approximate surface area is 116 Å². The van der Waals surface area contributed by atoms with Gasteiger partial charge in [0.1, 0.15) is 11.0 Å². The first kappa shape index (κ1) is 12.5. The van der Waals surface area contributed by atoms with Gasteiger partial charge in [0.05, 0.1) is 6.10 Å². The second kappa shape index (κ2) is 4.87. The molecular formula is C12H16ClN3OS. The number of aromatic nitrogens is 2. The molecule has 1 aromatic heterocycles. The second-order valence-corrected chi connectivity index (χ2v) is 6.11. The van der Waals surface area contributed by atoms with E-state index in [-0.39, 0.29) is 6.10 Å². The van der Waals surface area contributed by atoms with E-state index in [1.807, 2.05) is 12.3 Å². The molecule has 0 aromatic carbocycles. The molecule has 18 heavy (non-hydrogen) atoms. The van der Waals surface area contributed by atoms with E-state index in [1.54, 1.807) is 0 Å². The van der Waals surface area contributed by atoms with Crippen molar-refractivity contribution in [2.45, 2.75) is 49.0 Å². The number of hydrogen-bond donors (Lipinski definition) is 1. The number of nitrogens with zero attached hydrogens (tertiary/aromatic N) is 3. The lowest BCUT2D eigenvalue weighted by Gasteiger charge is -2.38. The summed E-state index contributed by atoms with van der Waals surface area (Å²) in [7, 11) is 0. The third-order valence-corrected chi connectivity index (χ3v) is 4.56. The highest BCUT2D eigenvalue weighted by atomic mass is 35.5. The molecule has 0 aliphatic carbocycles. The summed E-state index contributed by atoms with van der Waals surface area (Å²) in [4.78, 5) is 11.1. The molecule has 1 aromatic rings. The second-order valence-electron chi connectivity index (χ2n) is 4.95. The first-order chi connectivity index (χ1) is 8.67. The third kappa shape index (κ3) is 2.19. The molecule has 2 atom stereocenters. The predicted molar refractivity (Wildman–Crippen MR) is 73.4 cm³/mol. The highest BCUT2D eigenvalue weighted by molar-refractivity contribution is 7.98. The molecule has 98 valence electrons. The molecule has 2 fully saturated rings. The van der Waals surface area contributed by atoms with Crippen LogP contribution in [0.25, 0.3) is 0 Å². The fourth-order valence-corrected chi connectivity index (χ4v) is 3.73. The van der Waals surface area contributed by atoms with Gasteiger partial charge in [-0.05, 0) is 31.9 Å². The van der Waals surface area contributed by atoms with E-state index in [2.05, 4.69) is 14.9 Å². The van der Waals surface area contributed by atoms with Crippen LogP contribution in [0.5, 0.6) is 0 Å². The average molecular weight is 286 g/mol. The molecule has 4 nitrogen and oxygen atoms in total. The standard InChI is InChI=1S/C12H16ClN3OS/c1-18-12-14-10(13)6-11(15-12)16-7-2-3-8(16)5-9(17)4-7/h6-9,17H,2-5H2,1H3. The van der Waals surface area contributed by atoms with Gasteiger partial charge in [0, 0.05) is 18.2 Å². The average Bonchev–Trinajstić information content (AvgIpc) is 2.61. The Hall–Kier alpha value is -0.520. The van der Waals surface area contributed by atoms with Crippen LogP contribution in [0, 0.1) is 0 Å². The first-order valence-corrected chi connectivity index (χ1v) is 7.82. The van der Waals surface area contributed by atoms with Gasteiger partial charge in [0.15, 0.2) is 5.16 Å². The number of aliphatic hydroxyl groups excluding tert-OH is 1. The molecule has 0 saturated carbocycles. The van der Waals surface area contributed by atoms with Gasteiger partial charge in [-0.2, -0.15) is 0 Å². The zero-order valence-corrected chi connectivity index (χ0v) is 11.8. The van der Waals surface area contributed by atoms with Crippen molar-refractivity contribution in [3.8, 4) is 0 Å². The highest BCUT2D eigenvalue weighted by Gasteiger charge is 2.41. The Bertz CT molecular complexity index is 445. The summed E-state index contributed by atoms with van der Waals surface area (Å²) >= 11 is 7.55. The quantitative estimate of drug-likeness (QED) is 0.513. The predicted octanol–water partition coefficient (Wildman–Crippen LogP) is 2.34. The molecule has 2 aliphatic rings. The van der Waals surface area contributed by atoms with Crippen LogP contribution in [0.1, 0.15) is 25.7 Å². The number of hydrogen-bond acceptors (Lipinski definition) is 5. The zero-order valence-electron chi connectivity index (χ0n) is 10.2.